The molecular weight excluding hydrogens is 312 g/mol. The number of para-hydroxylation sites is 1. The Morgan fingerprint density at radius 2 is 1.79 bits per heavy atom. The summed E-state index contributed by atoms with van der Waals surface area (Å²) < 4.78 is 15.8. The van der Waals surface area contributed by atoms with E-state index in [1.54, 1.807) is 24.3 Å². The van der Waals surface area contributed by atoms with Gasteiger partial charge in [-0.15, -0.1) is 0 Å². The predicted octanol–water partition coefficient (Wildman–Crippen LogP) is 1.89. The maximum atomic E-state index is 11.6. The maximum absolute atomic E-state index is 11.6. The van der Waals surface area contributed by atoms with Gasteiger partial charge in [0, 0.05) is 11.6 Å². The molecule has 0 aliphatic heterocycles. The van der Waals surface area contributed by atoms with Crippen LogP contribution in [-0.4, -0.2) is 43.5 Å². The second-order valence-electron chi connectivity index (χ2n) is 5.43. The summed E-state index contributed by atoms with van der Waals surface area (Å²) in [7, 11) is 0. The molecule has 1 aromatic carbocycles. The number of aliphatic hydroxyl groups excluding tert-OH is 1. The average molecular weight is 334 g/mol. The summed E-state index contributed by atoms with van der Waals surface area (Å²) in [5.41, 5.74) is -0.867. The number of carbonyl (C=O) groups excluding carboxylic acids is 2. The van der Waals surface area contributed by atoms with Crippen LogP contribution >= 0.6 is 0 Å². The molecule has 1 atom stereocenters. The molecule has 6 nitrogen and oxygen atoms in total. The van der Waals surface area contributed by atoms with E-state index in [9.17, 15) is 14.7 Å². The van der Waals surface area contributed by atoms with Crippen molar-refractivity contribution >= 4 is 11.9 Å². The first kappa shape index (κ1) is 19.4. The predicted molar refractivity (Wildman–Crippen MR) is 88.4 cm³/mol. The van der Waals surface area contributed by atoms with E-state index in [0.717, 1.165) is 6.08 Å². The molecule has 0 aromatic heterocycles. The molecular formula is C18H22O6. The molecule has 0 amide bonds. The van der Waals surface area contributed by atoms with E-state index in [2.05, 4.69) is 13.2 Å². The van der Waals surface area contributed by atoms with E-state index < -0.39 is 24.0 Å². The highest BCUT2D eigenvalue weighted by Crippen LogP contribution is 2.22. The van der Waals surface area contributed by atoms with E-state index in [0.29, 0.717) is 5.75 Å². The highest BCUT2D eigenvalue weighted by Gasteiger charge is 2.34. The summed E-state index contributed by atoms with van der Waals surface area (Å²) in [6.07, 6.45) is 1.01. The Hall–Kier alpha value is -2.60. The van der Waals surface area contributed by atoms with E-state index in [4.69, 9.17) is 14.2 Å². The quantitative estimate of drug-likeness (QED) is 0.520. The average Bonchev–Trinajstić information content (AvgIpc) is 2.61. The van der Waals surface area contributed by atoms with Crippen molar-refractivity contribution in [1.29, 1.82) is 0 Å². The van der Waals surface area contributed by atoms with Gasteiger partial charge in [-0.2, -0.15) is 0 Å². The van der Waals surface area contributed by atoms with Crippen LogP contribution in [-0.2, 0) is 19.1 Å². The molecule has 0 saturated heterocycles. The van der Waals surface area contributed by atoms with Gasteiger partial charge in [-0.25, -0.2) is 9.59 Å². The van der Waals surface area contributed by atoms with E-state index >= 15 is 0 Å². The van der Waals surface area contributed by atoms with Gasteiger partial charge in [-0.3, -0.25) is 0 Å². The fourth-order valence-electron chi connectivity index (χ4n) is 1.64. The van der Waals surface area contributed by atoms with Crippen molar-refractivity contribution in [2.45, 2.75) is 6.92 Å². The summed E-state index contributed by atoms with van der Waals surface area (Å²) in [4.78, 5) is 22.9. The van der Waals surface area contributed by atoms with Crippen LogP contribution < -0.4 is 4.74 Å². The second-order valence-corrected chi connectivity index (χ2v) is 5.43. The Kier molecular flexibility index (Phi) is 7.71. The van der Waals surface area contributed by atoms with Gasteiger partial charge in [0.25, 0.3) is 0 Å². The molecule has 1 aromatic rings. The molecule has 24 heavy (non-hydrogen) atoms. The summed E-state index contributed by atoms with van der Waals surface area (Å²) >= 11 is 0. The summed E-state index contributed by atoms with van der Waals surface area (Å²) in [6, 6.07) is 8.94. The molecule has 0 bridgehead atoms. The Morgan fingerprint density at radius 3 is 2.33 bits per heavy atom. The fraction of sp³-hybridized carbons (Fsp3) is 0.333. The van der Waals surface area contributed by atoms with E-state index in [-0.39, 0.29) is 25.4 Å². The van der Waals surface area contributed by atoms with Crippen LogP contribution in [0, 0.1) is 5.41 Å². The first-order valence-corrected chi connectivity index (χ1v) is 7.33. The molecule has 6 heteroatoms. The molecule has 1 unspecified atom stereocenters. The third-order valence-electron chi connectivity index (χ3n) is 3.17. The van der Waals surface area contributed by atoms with Gasteiger partial charge in [0.05, 0.1) is 12.0 Å². The van der Waals surface area contributed by atoms with Crippen LogP contribution in [0.3, 0.4) is 0 Å². The number of aliphatic hydroxyl groups is 1. The van der Waals surface area contributed by atoms with Crippen molar-refractivity contribution in [2.75, 3.05) is 26.4 Å². The number of benzene rings is 1. The van der Waals surface area contributed by atoms with Crippen LogP contribution in [0.25, 0.3) is 0 Å². The smallest absolute Gasteiger partial charge is 0.333 e. The molecule has 0 spiro atoms. The highest BCUT2D eigenvalue weighted by molar-refractivity contribution is 5.86. The summed E-state index contributed by atoms with van der Waals surface area (Å²) in [5, 5.41) is 9.78. The molecule has 0 saturated carbocycles. The minimum atomic E-state index is -1.10. The van der Waals surface area contributed by atoms with Crippen molar-refractivity contribution in [1.82, 2.24) is 0 Å². The standard InChI is InChI=1S/C18H22O6/c1-4-16(20)23-12-18(10-19,13-24-17(21)14(2)3)11-22-15-8-6-5-7-9-15/h4-9,19H,1-2,10-13H2,3H3. The zero-order chi connectivity index (χ0) is 18.0. The van der Waals surface area contributed by atoms with E-state index in [1.165, 1.54) is 6.92 Å². The van der Waals surface area contributed by atoms with Crippen molar-refractivity contribution in [3.63, 3.8) is 0 Å². The molecule has 0 aliphatic carbocycles. The van der Waals surface area contributed by atoms with Crippen molar-refractivity contribution in [3.8, 4) is 5.75 Å². The Bertz CT molecular complexity index is 580. The zero-order valence-electron chi connectivity index (χ0n) is 13.7. The minimum absolute atomic E-state index is 0.0125. The number of esters is 2. The molecule has 1 N–H and O–H groups in total. The molecule has 0 radical (unpaired) electrons. The summed E-state index contributed by atoms with van der Waals surface area (Å²) in [5.74, 6) is -0.655. The van der Waals surface area contributed by atoms with Crippen molar-refractivity contribution in [3.05, 3.63) is 55.1 Å². The SMILES string of the molecule is C=CC(=O)OCC(CO)(COC(=O)C(=C)C)COc1ccccc1. The minimum Gasteiger partial charge on any atom is -0.493 e. The van der Waals surface area contributed by atoms with Crippen LogP contribution in [0.4, 0.5) is 0 Å². The van der Waals surface area contributed by atoms with Gasteiger partial charge >= 0.3 is 11.9 Å². The third-order valence-corrected chi connectivity index (χ3v) is 3.17. The maximum Gasteiger partial charge on any atom is 0.333 e. The lowest BCUT2D eigenvalue weighted by Crippen LogP contribution is -2.43. The summed E-state index contributed by atoms with van der Waals surface area (Å²) in [6.45, 7) is 7.52. The van der Waals surface area contributed by atoms with Crippen LogP contribution in [0.2, 0.25) is 0 Å². The zero-order valence-corrected chi connectivity index (χ0v) is 13.7. The van der Waals surface area contributed by atoms with Crippen LogP contribution in [0.15, 0.2) is 55.1 Å². The Labute approximate surface area is 141 Å². The number of ether oxygens (including phenoxy) is 3. The molecule has 130 valence electrons. The largest absolute Gasteiger partial charge is 0.493 e. The lowest BCUT2D eigenvalue weighted by atomic mass is 9.92. The molecule has 1 rings (SSSR count). The van der Waals surface area contributed by atoms with Crippen molar-refractivity contribution in [2.24, 2.45) is 5.41 Å². The number of carbonyl (C=O) groups is 2. The molecule has 0 heterocycles. The molecule has 0 fully saturated rings. The molecule has 0 aliphatic rings. The van der Waals surface area contributed by atoms with Gasteiger partial charge in [-0.05, 0) is 19.1 Å². The van der Waals surface area contributed by atoms with Gasteiger partial charge in [0.15, 0.2) is 0 Å². The van der Waals surface area contributed by atoms with Gasteiger partial charge in [0.2, 0.25) is 0 Å². The number of rotatable bonds is 10. The number of hydrogen-bond acceptors (Lipinski definition) is 6. The first-order valence-electron chi connectivity index (χ1n) is 7.33. The van der Waals surface area contributed by atoms with Crippen LogP contribution in [0.5, 0.6) is 5.75 Å². The lowest BCUT2D eigenvalue weighted by molar-refractivity contribution is -0.152. The Balaban J connectivity index is 2.81. The Morgan fingerprint density at radius 1 is 1.17 bits per heavy atom. The number of hydrogen-bond donors (Lipinski definition) is 1. The van der Waals surface area contributed by atoms with Gasteiger partial charge in [0.1, 0.15) is 25.6 Å². The monoisotopic (exact) mass is 334 g/mol. The highest BCUT2D eigenvalue weighted by atomic mass is 16.6. The normalized spacial score (nSPS) is 12.6. The lowest BCUT2D eigenvalue weighted by Gasteiger charge is -2.30. The van der Waals surface area contributed by atoms with Gasteiger partial charge < -0.3 is 19.3 Å². The first-order chi connectivity index (χ1) is 11.4. The van der Waals surface area contributed by atoms with Gasteiger partial charge in [-0.1, -0.05) is 31.4 Å². The van der Waals surface area contributed by atoms with Crippen molar-refractivity contribution < 1.29 is 28.9 Å². The topological polar surface area (TPSA) is 82.1 Å². The van der Waals surface area contributed by atoms with E-state index in [1.807, 2.05) is 6.07 Å². The van der Waals surface area contributed by atoms with Crippen LogP contribution in [0.1, 0.15) is 6.92 Å². The second kappa shape index (κ2) is 9.52. The third kappa shape index (κ3) is 6.26. The fourth-order valence-corrected chi connectivity index (χ4v) is 1.64.